The van der Waals surface area contributed by atoms with Crippen LogP contribution in [0.25, 0.3) is 22.2 Å². The molecular formula is C27H27ClN2O3S. The number of halogens is 1. The van der Waals surface area contributed by atoms with E-state index in [1.807, 2.05) is 65.7 Å². The molecule has 0 atom stereocenters. The highest BCUT2D eigenvalue weighted by atomic mass is 35.5. The summed E-state index contributed by atoms with van der Waals surface area (Å²) in [4.78, 5) is 21.1. The zero-order valence-corrected chi connectivity index (χ0v) is 21.1. The third-order valence-electron chi connectivity index (χ3n) is 5.68. The zero-order valence-electron chi connectivity index (χ0n) is 19.5. The van der Waals surface area contributed by atoms with Crippen LogP contribution < -0.4 is 4.74 Å². The largest absolute Gasteiger partial charge is 0.497 e. The van der Waals surface area contributed by atoms with E-state index in [1.165, 1.54) is 11.3 Å². The number of carbonyl (C=O) groups excluding carboxylic acids is 1. The molecule has 0 saturated carbocycles. The van der Waals surface area contributed by atoms with Gasteiger partial charge in [0.2, 0.25) is 0 Å². The van der Waals surface area contributed by atoms with Gasteiger partial charge in [-0.2, -0.15) is 0 Å². The van der Waals surface area contributed by atoms with Crippen molar-refractivity contribution in [3.63, 3.8) is 0 Å². The smallest absolute Gasteiger partial charge is 0.264 e. The minimum absolute atomic E-state index is 0.0244. The van der Waals surface area contributed by atoms with Gasteiger partial charge in [0.1, 0.15) is 5.75 Å². The summed E-state index contributed by atoms with van der Waals surface area (Å²) < 4.78 is 10.7. The number of methoxy groups -OCH3 is 2. The number of pyridine rings is 1. The first-order valence-electron chi connectivity index (χ1n) is 11.1. The normalized spacial score (nSPS) is 11.1. The lowest BCUT2D eigenvalue weighted by Gasteiger charge is -2.24. The van der Waals surface area contributed by atoms with E-state index in [2.05, 4.69) is 6.07 Å². The summed E-state index contributed by atoms with van der Waals surface area (Å²) in [6.07, 6.45) is 0.748. The fraction of sp³-hybridized carbons (Fsp3) is 0.259. The van der Waals surface area contributed by atoms with Crippen molar-refractivity contribution in [2.75, 3.05) is 27.4 Å². The summed E-state index contributed by atoms with van der Waals surface area (Å²) in [5.74, 6) is 0.773. The van der Waals surface area contributed by atoms with E-state index in [1.54, 1.807) is 14.2 Å². The summed E-state index contributed by atoms with van der Waals surface area (Å²) in [5, 5.41) is 3.57. The molecule has 0 aliphatic heterocycles. The predicted octanol–water partition coefficient (Wildman–Crippen LogP) is 6.61. The first-order valence-corrected chi connectivity index (χ1v) is 12.3. The number of carbonyl (C=O) groups is 1. The van der Waals surface area contributed by atoms with Crippen molar-refractivity contribution in [2.24, 2.45) is 0 Å². The highest BCUT2D eigenvalue weighted by Gasteiger charge is 2.21. The lowest BCUT2D eigenvalue weighted by atomic mass is 10.0. The standard InChI is InChI=1S/C27H27ClN2O3S/c1-18-10-13-34-26(18)27(31)30(11-5-12-32-2)17-21-14-19-8-9-22(28)16-24(19)29-25(21)20-6-4-7-23(15-20)33-3/h4,6-10,13-16H,5,11-12,17H2,1-3H3. The van der Waals surface area contributed by atoms with Gasteiger partial charge in [0.05, 0.1) is 23.2 Å². The summed E-state index contributed by atoms with van der Waals surface area (Å²) in [7, 11) is 3.32. The Morgan fingerprint density at radius 1 is 1.12 bits per heavy atom. The molecule has 0 aliphatic carbocycles. The lowest BCUT2D eigenvalue weighted by Crippen LogP contribution is -2.32. The molecule has 2 aromatic heterocycles. The maximum Gasteiger partial charge on any atom is 0.264 e. The quantitative estimate of drug-likeness (QED) is 0.245. The first-order chi connectivity index (χ1) is 16.5. The third kappa shape index (κ3) is 5.41. The maximum atomic E-state index is 13.5. The van der Waals surface area contributed by atoms with Crippen LogP contribution in [0.15, 0.2) is 60.0 Å². The SMILES string of the molecule is COCCCN(Cc1cc2ccc(Cl)cc2nc1-c1cccc(OC)c1)C(=O)c1sccc1C. The van der Waals surface area contributed by atoms with Crippen molar-refractivity contribution in [1.29, 1.82) is 0 Å². The van der Waals surface area contributed by atoms with Crippen molar-refractivity contribution >= 4 is 39.7 Å². The molecule has 5 nitrogen and oxygen atoms in total. The van der Waals surface area contributed by atoms with Gasteiger partial charge < -0.3 is 14.4 Å². The Hall–Kier alpha value is -2.93. The second-order valence-corrected chi connectivity index (χ2v) is 9.42. The van der Waals surface area contributed by atoms with Crippen molar-refractivity contribution in [1.82, 2.24) is 9.88 Å². The molecule has 2 aromatic carbocycles. The highest BCUT2D eigenvalue weighted by Crippen LogP contribution is 2.31. The monoisotopic (exact) mass is 494 g/mol. The van der Waals surface area contributed by atoms with Gasteiger partial charge in [-0.05, 0) is 66.2 Å². The first kappa shape index (κ1) is 24.2. The number of nitrogens with zero attached hydrogens (tertiary/aromatic N) is 2. The van der Waals surface area contributed by atoms with Crippen LogP contribution >= 0.6 is 22.9 Å². The van der Waals surface area contributed by atoms with Crippen LogP contribution in [0.3, 0.4) is 0 Å². The van der Waals surface area contributed by atoms with E-state index in [-0.39, 0.29) is 5.91 Å². The van der Waals surface area contributed by atoms with Gasteiger partial charge in [0, 0.05) is 42.8 Å². The number of hydrogen-bond acceptors (Lipinski definition) is 5. The third-order valence-corrected chi connectivity index (χ3v) is 6.92. The second kappa shape index (κ2) is 11.0. The Kier molecular flexibility index (Phi) is 7.83. The van der Waals surface area contributed by atoms with Gasteiger partial charge >= 0.3 is 0 Å². The van der Waals surface area contributed by atoms with Gasteiger partial charge in [0.15, 0.2) is 0 Å². The van der Waals surface area contributed by atoms with E-state index < -0.39 is 0 Å². The topological polar surface area (TPSA) is 51.7 Å². The van der Waals surface area contributed by atoms with E-state index in [9.17, 15) is 4.79 Å². The van der Waals surface area contributed by atoms with Gasteiger partial charge in [-0.25, -0.2) is 4.98 Å². The molecule has 7 heteroatoms. The molecule has 4 aromatic rings. The van der Waals surface area contributed by atoms with E-state index >= 15 is 0 Å². The van der Waals surface area contributed by atoms with Crippen LogP contribution in [0.1, 0.15) is 27.2 Å². The molecule has 4 rings (SSSR count). The van der Waals surface area contributed by atoms with Crippen molar-refractivity contribution < 1.29 is 14.3 Å². The van der Waals surface area contributed by atoms with Crippen molar-refractivity contribution in [3.8, 4) is 17.0 Å². The maximum absolute atomic E-state index is 13.5. The Bertz CT molecular complexity index is 1300. The molecule has 0 fully saturated rings. The van der Waals surface area contributed by atoms with Crippen LogP contribution in [0, 0.1) is 6.92 Å². The summed E-state index contributed by atoms with van der Waals surface area (Å²) in [5.41, 5.74) is 4.49. The minimum Gasteiger partial charge on any atom is -0.497 e. The van der Waals surface area contributed by atoms with Crippen LogP contribution in [0.4, 0.5) is 0 Å². The van der Waals surface area contributed by atoms with Crippen molar-refractivity contribution in [2.45, 2.75) is 19.9 Å². The molecule has 176 valence electrons. The second-order valence-electron chi connectivity index (χ2n) is 8.07. The number of rotatable bonds is 9. The summed E-state index contributed by atoms with van der Waals surface area (Å²) in [6.45, 7) is 3.57. The minimum atomic E-state index is 0.0244. The molecule has 0 N–H and O–H groups in total. The number of ether oxygens (including phenoxy) is 2. The zero-order chi connectivity index (χ0) is 24.1. The fourth-order valence-corrected chi connectivity index (χ4v) is 4.98. The fourth-order valence-electron chi connectivity index (χ4n) is 3.92. The molecule has 0 spiro atoms. The predicted molar refractivity (Wildman–Crippen MR) is 139 cm³/mol. The molecule has 0 unspecified atom stereocenters. The van der Waals surface area contributed by atoms with Crippen LogP contribution in [-0.2, 0) is 11.3 Å². The average Bonchev–Trinajstić information content (AvgIpc) is 3.28. The lowest BCUT2D eigenvalue weighted by molar-refractivity contribution is 0.0728. The van der Waals surface area contributed by atoms with Crippen LogP contribution in [0.5, 0.6) is 5.75 Å². The van der Waals surface area contributed by atoms with E-state index in [4.69, 9.17) is 26.1 Å². The molecule has 0 saturated heterocycles. The Labute approximate surface area is 208 Å². The summed E-state index contributed by atoms with van der Waals surface area (Å²) in [6, 6.07) is 17.6. The molecule has 0 bridgehead atoms. The number of thiophene rings is 1. The average molecular weight is 495 g/mol. The Morgan fingerprint density at radius 3 is 2.71 bits per heavy atom. The molecule has 0 aliphatic rings. The number of fused-ring (bicyclic) bond motifs is 1. The Morgan fingerprint density at radius 2 is 1.97 bits per heavy atom. The number of benzene rings is 2. The van der Waals surface area contributed by atoms with Crippen LogP contribution in [-0.4, -0.2) is 43.2 Å². The number of aromatic nitrogens is 1. The van der Waals surface area contributed by atoms with Gasteiger partial charge in [-0.1, -0.05) is 29.8 Å². The molecular weight excluding hydrogens is 468 g/mol. The molecule has 0 radical (unpaired) electrons. The molecule has 2 heterocycles. The number of amides is 1. The van der Waals surface area contributed by atoms with Gasteiger partial charge in [-0.3, -0.25) is 4.79 Å². The number of aryl methyl sites for hydroxylation is 1. The van der Waals surface area contributed by atoms with Crippen molar-refractivity contribution in [3.05, 3.63) is 81.0 Å². The number of hydrogen-bond donors (Lipinski definition) is 0. The van der Waals surface area contributed by atoms with Crippen LogP contribution in [0.2, 0.25) is 5.02 Å². The molecule has 1 amide bonds. The molecule has 34 heavy (non-hydrogen) atoms. The Balaban J connectivity index is 1.80. The summed E-state index contributed by atoms with van der Waals surface area (Å²) >= 11 is 7.73. The van der Waals surface area contributed by atoms with Gasteiger partial charge in [0.25, 0.3) is 5.91 Å². The highest BCUT2D eigenvalue weighted by molar-refractivity contribution is 7.12. The van der Waals surface area contributed by atoms with Gasteiger partial charge in [-0.15, -0.1) is 11.3 Å². The van der Waals surface area contributed by atoms with E-state index in [0.717, 1.165) is 50.3 Å². The van der Waals surface area contributed by atoms with E-state index in [0.29, 0.717) is 24.7 Å².